The van der Waals surface area contributed by atoms with Crippen LogP contribution in [-0.2, 0) is 9.59 Å². The van der Waals surface area contributed by atoms with Crippen molar-refractivity contribution >= 4 is 11.9 Å². The van der Waals surface area contributed by atoms with E-state index in [9.17, 15) is 9.59 Å². The third-order valence-electron chi connectivity index (χ3n) is 0.827. The molecule has 5 heteroatoms. The summed E-state index contributed by atoms with van der Waals surface area (Å²) in [6.07, 6.45) is 2.08. The van der Waals surface area contributed by atoms with Crippen molar-refractivity contribution in [2.75, 3.05) is 6.54 Å². The van der Waals surface area contributed by atoms with Gasteiger partial charge in [0.1, 0.15) is 0 Å². The molecule has 0 atom stereocenters. The third kappa shape index (κ3) is 8.48. The number of hydrogen-bond donors (Lipinski definition) is 3. The highest BCUT2D eigenvalue weighted by molar-refractivity contribution is 5.79. The van der Waals surface area contributed by atoms with Gasteiger partial charge in [-0.15, -0.1) is 0 Å². The van der Waals surface area contributed by atoms with Gasteiger partial charge in [-0.1, -0.05) is 0 Å². The van der Waals surface area contributed by atoms with Crippen molar-refractivity contribution in [2.24, 2.45) is 0 Å². The molecule has 0 radical (unpaired) electrons. The second-order valence-corrected chi connectivity index (χ2v) is 1.77. The Morgan fingerprint density at radius 3 is 2.45 bits per heavy atom. The van der Waals surface area contributed by atoms with Crippen molar-refractivity contribution in [3.63, 3.8) is 0 Å². The molecule has 0 amide bonds. The molecule has 0 aliphatic carbocycles. The highest BCUT2D eigenvalue weighted by atomic mass is 16.4. The number of carbonyl (C=O) groups is 2. The molecule has 62 valence electrons. The summed E-state index contributed by atoms with van der Waals surface area (Å²) < 4.78 is 0. The van der Waals surface area contributed by atoms with Crippen LogP contribution in [0.15, 0.2) is 12.3 Å². The quantitative estimate of drug-likeness (QED) is 0.377. The summed E-state index contributed by atoms with van der Waals surface area (Å²) in [6, 6.07) is 0. The van der Waals surface area contributed by atoms with Crippen LogP contribution >= 0.6 is 0 Å². The molecular weight excluding hydrogens is 150 g/mol. The first-order valence-corrected chi connectivity index (χ1v) is 2.97. The van der Waals surface area contributed by atoms with E-state index in [1.54, 1.807) is 0 Å². The van der Waals surface area contributed by atoms with E-state index < -0.39 is 11.9 Å². The lowest BCUT2D eigenvalue weighted by Gasteiger charge is -1.93. The maximum absolute atomic E-state index is 9.92. The first-order chi connectivity index (χ1) is 5.13. The number of hydrogen-bond acceptors (Lipinski definition) is 3. The molecule has 0 aromatic heterocycles. The van der Waals surface area contributed by atoms with Crippen molar-refractivity contribution in [3.8, 4) is 0 Å². The summed E-state index contributed by atoms with van der Waals surface area (Å²) in [5.74, 6) is -1.98. The average Bonchev–Trinajstić information content (AvgIpc) is 1.85. The molecule has 0 aromatic carbocycles. The molecule has 0 aliphatic heterocycles. The Morgan fingerprint density at radius 1 is 1.36 bits per heavy atom. The molecule has 0 rings (SSSR count). The van der Waals surface area contributed by atoms with Gasteiger partial charge in [0, 0.05) is 18.8 Å². The SMILES string of the molecule is O=C(O)C=CNCCC(=O)O. The van der Waals surface area contributed by atoms with Gasteiger partial charge in [0.2, 0.25) is 0 Å². The van der Waals surface area contributed by atoms with Gasteiger partial charge in [-0.25, -0.2) is 4.79 Å². The van der Waals surface area contributed by atoms with Crippen LogP contribution in [-0.4, -0.2) is 28.7 Å². The van der Waals surface area contributed by atoms with Crippen LogP contribution in [0, 0.1) is 0 Å². The van der Waals surface area contributed by atoms with Crippen molar-refractivity contribution in [2.45, 2.75) is 6.42 Å². The Balaban J connectivity index is 3.27. The molecule has 0 aliphatic rings. The number of carboxylic acids is 2. The van der Waals surface area contributed by atoms with Crippen LogP contribution in [0.4, 0.5) is 0 Å². The molecule has 0 spiro atoms. The molecule has 0 heterocycles. The summed E-state index contributed by atoms with van der Waals surface area (Å²) in [5, 5.41) is 18.7. The monoisotopic (exact) mass is 159 g/mol. The van der Waals surface area contributed by atoms with Crippen molar-refractivity contribution in [3.05, 3.63) is 12.3 Å². The molecule has 0 saturated carbocycles. The zero-order valence-corrected chi connectivity index (χ0v) is 5.78. The number of carboxylic acid groups (broad SMARTS) is 2. The maximum atomic E-state index is 9.92. The summed E-state index contributed by atoms with van der Waals surface area (Å²) in [7, 11) is 0. The fraction of sp³-hybridized carbons (Fsp3) is 0.333. The molecule has 3 N–H and O–H groups in total. The van der Waals surface area contributed by atoms with Crippen molar-refractivity contribution in [1.29, 1.82) is 0 Å². The number of aliphatic carboxylic acids is 2. The lowest BCUT2D eigenvalue weighted by molar-refractivity contribution is -0.136. The molecule has 0 aromatic rings. The smallest absolute Gasteiger partial charge is 0.329 e. The number of rotatable bonds is 5. The highest BCUT2D eigenvalue weighted by Crippen LogP contribution is 1.75. The van der Waals surface area contributed by atoms with E-state index in [-0.39, 0.29) is 13.0 Å². The van der Waals surface area contributed by atoms with Crippen LogP contribution < -0.4 is 5.32 Å². The van der Waals surface area contributed by atoms with E-state index in [1.807, 2.05) is 0 Å². The van der Waals surface area contributed by atoms with Gasteiger partial charge in [0.15, 0.2) is 0 Å². The van der Waals surface area contributed by atoms with Crippen molar-refractivity contribution in [1.82, 2.24) is 5.32 Å². The zero-order chi connectivity index (χ0) is 8.69. The van der Waals surface area contributed by atoms with E-state index >= 15 is 0 Å². The minimum Gasteiger partial charge on any atom is -0.481 e. The standard InChI is InChI=1S/C6H9NO4/c8-5(9)1-3-7-4-2-6(10)11/h1,3,7H,2,4H2,(H,8,9)(H,10,11). The van der Waals surface area contributed by atoms with Crippen LogP contribution in [0.1, 0.15) is 6.42 Å². The predicted molar refractivity (Wildman–Crippen MR) is 37.0 cm³/mol. The second-order valence-electron chi connectivity index (χ2n) is 1.77. The molecule has 0 saturated heterocycles. The first-order valence-electron chi connectivity index (χ1n) is 2.97. The lowest BCUT2D eigenvalue weighted by Crippen LogP contribution is -2.12. The van der Waals surface area contributed by atoms with Gasteiger partial charge in [-0.2, -0.15) is 0 Å². The fourth-order valence-electron chi connectivity index (χ4n) is 0.393. The summed E-state index contributed by atoms with van der Waals surface area (Å²) in [5.41, 5.74) is 0. The summed E-state index contributed by atoms with van der Waals surface area (Å²) >= 11 is 0. The van der Waals surface area contributed by atoms with E-state index in [0.717, 1.165) is 6.08 Å². The molecular formula is C6H9NO4. The van der Waals surface area contributed by atoms with Crippen LogP contribution in [0.5, 0.6) is 0 Å². The van der Waals surface area contributed by atoms with Crippen molar-refractivity contribution < 1.29 is 19.8 Å². The van der Waals surface area contributed by atoms with Gasteiger partial charge in [-0.05, 0) is 0 Å². The normalized spacial score (nSPS) is 9.82. The van der Waals surface area contributed by atoms with Crippen LogP contribution in [0.3, 0.4) is 0 Å². The molecule has 0 fully saturated rings. The number of nitrogens with one attached hydrogen (secondary N) is 1. The van der Waals surface area contributed by atoms with Gasteiger partial charge in [0.05, 0.1) is 6.42 Å². The van der Waals surface area contributed by atoms with E-state index in [1.165, 1.54) is 6.20 Å². The Bertz CT molecular complexity index is 175. The van der Waals surface area contributed by atoms with Gasteiger partial charge in [0.25, 0.3) is 0 Å². The summed E-state index contributed by atoms with van der Waals surface area (Å²) in [4.78, 5) is 19.8. The Morgan fingerprint density at radius 2 is 2.00 bits per heavy atom. The van der Waals surface area contributed by atoms with Crippen LogP contribution in [0.25, 0.3) is 0 Å². The second kappa shape index (κ2) is 5.28. The first kappa shape index (κ1) is 9.48. The van der Waals surface area contributed by atoms with Crippen LogP contribution in [0.2, 0.25) is 0 Å². The van der Waals surface area contributed by atoms with Gasteiger partial charge < -0.3 is 15.5 Å². The topological polar surface area (TPSA) is 86.6 Å². The highest BCUT2D eigenvalue weighted by Gasteiger charge is 1.92. The lowest BCUT2D eigenvalue weighted by atomic mass is 10.4. The maximum Gasteiger partial charge on any atom is 0.329 e. The minimum absolute atomic E-state index is 0.0239. The van der Waals surface area contributed by atoms with Gasteiger partial charge >= 0.3 is 11.9 Å². The molecule has 0 bridgehead atoms. The Kier molecular flexibility index (Phi) is 4.55. The predicted octanol–water partition coefficient (Wildman–Crippen LogP) is -0.351. The van der Waals surface area contributed by atoms with E-state index in [2.05, 4.69) is 5.32 Å². The Hall–Kier alpha value is -1.52. The van der Waals surface area contributed by atoms with E-state index in [0.29, 0.717) is 0 Å². The van der Waals surface area contributed by atoms with Gasteiger partial charge in [-0.3, -0.25) is 4.79 Å². The fourth-order valence-corrected chi connectivity index (χ4v) is 0.393. The third-order valence-corrected chi connectivity index (χ3v) is 0.827. The zero-order valence-electron chi connectivity index (χ0n) is 5.78. The summed E-state index contributed by atoms with van der Waals surface area (Å²) in [6.45, 7) is 0.235. The Labute approximate surface area is 63.3 Å². The molecule has 0 unspecified atom stereocenters. The molecule has 11 heavy (non-hydrogen) atoms. The van der Waals surface area contributed by atoms with E-state index in [4.69, 9.17) is 10.2 Å². The minimum atomic E-state index is -1.06. The molecule has 5 nitrogen and oxygen atoms in total. The largest absolute Gasteiger partial charge is 0.481 e. The average molecular weight is 159 g/mol.